The van der Waals surface area contributed by atoms with Gasteiger partial charge in [0.1, 0.15) is 22.8 Å². The summed E-state index contributed by atoms with van der Waals surface area (Å²) in [5, 5.41) is 14.7. The molecule has 422 valence electrons. The standard InChI is InChI=1S/C55H77F2N15O5S/c1-11-13-55(56,57)40-22-44-48(59-27-40)54(9,10)33-72(44)47(73)32-71-29-35(2)58-28-41(71)31-69-19-20-70(30-36(69)3)52-60-25-39(26-61-52)51(74)68-17-15-67(16-18-68)14-12-21-77-45-24-43-42(23-46(45)78(75,76)53(6,7)8)50(63-34-62-43)64-49-37(4)38(5)65-66-49/h22-27,34-36,41,58H,11-21,28-33H2,1-10H3,(H2,62,63,64,65,66)/t35-,36?,41-/m1/s1. The molecule has 0 spiro atoms. The summed E-state index contributed by atoms with van der Waals surface area (Å²) in [6.07, 6.45) is 6.63. The summed E-state index contributed by atoms with van der Waals surface area (Å²) < 4.78 is 63.3. The van der Waals surface area contributed by atoms with E-state index in [4.69, 9.17) is 4.74 Å². The fourth-order valence-corrected chi connectivity index (χ4v) is 12.3. The van der Waals surface area contributed by atoms with Crippen LogP contribution in [0.15, 0.2) is 48.0 Å². The molecule has 3 saturated heterocycles. The normalized spacial score (nSPS) is 20.8. The minimum Gasteiger partial charge on any atom is -0.492 e. The molecule has 0 saturated carbocycles. The van der Waals surface area contributed by atoms with Crippen molar-refractivity contribution in [3.05, 3.63) is 71.2 Å². The van der Waals surface area contributed by atoms with Crippen LogP contribution in [0.3, 0.4) is 0 Å². The second-order valence-corrected chi connectivity index (χ2v) is 26.0. The first kappa shape index (κ1) is 56.7. The Hall–Kier alpha value is -6.01. The number of piperazine rings is 3. The number of ether oxygens (including phenoxy) is 1. The number of aromatic nitrogens is 7. The largest absolute Gasteiger partial charge is 0.492 e. The number of H-pyrrole nitrogens is 1. The fourth-order valence-electron chi connectivity index (χ4n) is 11.0. The van der Waals surface area contributed by atoms with Crippen LogP contribution in [0.25, 0.3) is 10.9 Å². The van der Waals surface area contributed by atoms with Crippen molar-refractivity contribution in [2.75, 3.05) is 107 Å². The minimum atomic E-state index is -3.84. The van der Waals surface area contributed by atoms with Crippen LogP contribution in [-0.2, 0) is 26.0 Å². The van der Waals surface area contributed by atoms with E-state index < -0.39 is 25.9 Å². The lowest BCUT2D eigenvalue weighted by molar-refractivity contribution is -0.120. The number of pyridine rings is 1. The predicted octanol–water partition coefficient (Wildman–Crippen LogP) is 6.09. The van der Waals surface area contributed by atoms with E-state index in [1.807, 2.05) is 32.6 Å². The van der Waals surface area contributed by atoms with Gasteiger partial charge in [0.15, 0.2) is 15.7 Å². The average molecular weight is 1100 g/mol. The SMILES string of the molecule is CCCC(F)(F)c1cnc2c(c1)N(C(=O)CN1C[C@@H](C)NC[C@@H]1CN1CCN(c3ncc(C(=O)N4CCN(CCCOc5cc6ncnc(Nc7n[nH]c(C)c7C)c6cc5S(=O)(=O)C(C)(C)C)CC4)cn3)CC1C)CC2(C)C. The molecular weight excluding hydrogens is 1020 g/mol. The maximum absolute atomic E-state index is 15.1. The summed E-state index contributed by atoms with van der Waals surface area (Å²) in [6, 6.07) is 5.13. The Balaban J connectivity index is 0.747. The molecule has 3 fully saturated rings. The number of amides is 2. The zero-order valence-electron chi connectivity index (χ0n) is 46.9. The molecule has 4 aliphatic heterocycles. The molecule has 1 unspecified atom stereocenters. The Morgan fingerprint density at radius 2 is 1.65 bits per heavy atom. The number of benzene rings is 1. The monoisotopic (exact) mass is 1100 g/mol. The van der Waals surface area contributed by atoms with E-state index in [1.165, 1.54) is 18.6 Å². The van der Waals surface area contributed by atoms with E-state index in [9.17, 15) is 18.0 Å². The van der Waals surface area contributed by atoms with Gasteiger partial charge in [-0.25, -0.2) is 37.1 Å². The lowest BCUT2D eigenvalue weighted by atomic mass is 9.91. The van der Waals surface area contributed by atoms with Crippen molar-refractivity contribution in [1.29, 1.82) is 0 Å². The Labute approximate surface area is 457 Å². The molecule has 0 aliphatic carbocycles. The quantitative estimate of drug-likeness (QED) is 0.0899. The molecule has 20 nitrogen and oxygen atoms in total. The van der Waals surface area contributed by atoms with Crippen LogP contribution >= 0.6 is 0 Å². The predicted molar refractivity (Wildman–Crippen MR) is 297 cm³/mol. The van der Waals surface area contributed by atoms with Crippen molar-refractivity contribution in [3.63, 3.8) is 0 Å². The van der Waals surface area contributed by atoms with Gasteiger partial charge in [-0.05, 0) is 67.0 Å². The topological polar surface area (TPSA) is 214 Å². The van der Waals surface area contributed by atoms with Gasteiger partial charge in [0, 0.05) is 155 Å². The summed E-state index contributed by atoms with van der Waals surface area (Å²) in [5.41, 5.74) is 3.33. The van der Waals surface area contributed by atoms with Crippen LogP contribution in [0.1, 0.15) is 108 Å². The highest BCUT2D eigenvalue weighted by atomic mass is 32.2. The number of fused-ring (bicyclic) bond motifs is 2. The van der Waals surface area contributed by atoms with E-state index in [0.717, 1.165) is 24.3 Å². The number of hydrogen-bond acceptors (Lipinski definition) is 17. The van der Waals surface area contributed by atoms with Crippen LogP contribution in [-0.4, -0.2) is 190 Å². The first-order chi connectivity index (χ1) is 36.9. The van der Waals surface area contributed by atoms with Gasteiger partial charge in [-0.15, -0.1) is 0 Å². The molecule has 3 N–H and O–H groups in total. The zero-order chi connectivity index (χ0) is 55.9. The van der Waals surface area contributed by atoms with E-state index in [0.29, 0.717) is 124 Å². The average Bonchev–Trinajstić information content (AvgIpc) is 3.90. The Morgan fingerprint density at radius 1 is 0.910 bits per heavy atom. The molecule has 9 rings (SSSR count). The van der Waals surface area contributed by atoms with Gasteiger partial charge < -0.3 is 30.1 Å². The molecular formula is C55H77F2N15O5S. The van der Waals surface area contributed by atoms with Crippen molar-refractivity contribution >= 4 is 55.8 Å². The van der Waals surface area contributed by atoms with Crippen LogP contribution in [0.5, 0.6) is 5.75 Å². The van der Waals surface area contributed by atoms with Gasteiger partial charge in [-0.2, -0.15) is 5.10 Å². The molecule has 23 heteroatoms. The summed E-state index contributed by atoms with van der Waals surface area (Å²) in [5.74, 6) is -1.42. The number of rotatable bonds is 17. The molecule has 0 radical (unpaired) electrons. The number of carbonyl (C=O) groups is 2. The molecule has 1 aromatic carbocycles. The highest BCUT2D eigenvalue weighted by Crippen LogP contribution is 2.43. The lowest BCUT2D eigenvalue weighted by Crippen LogP contribution is -2.63. The van der Waals surface area contributed by atoms with Gasteiger partial charge in [0.25, 0.3) is 11.8 Å². The maximum atomic E-state index is 15.1. The molecule has 5 aromatic rings. The van der Waals surface area contributed by atoms with E-state index in [-0.39, 0.29) is 65.7 Å². The van der Waals surface area contributed by atoms with Gasteiger partial charge in [0.05, 0.1) is 40.4 Å². The number of alkyl halides is 2. The second-order valence-electron chi connectivity index (χ2n) is 23.3. The number of aromatic amines is 1. The molecule has 2 amide bonds. The summed E-state index contributed by atoms with van der Waals surface area (Å²) in [6.45, 7) is 27.1. The highest BCUT2D eigenvalue weighted by Gasteiger charge is 2.43. The second kappa shape index (κ2) is 22.6. The number of carbonyl (C=O) groups excluding carboxylic acids is 2. The van der Waals surface area contributed by atoms with E-state index in [1.54, 1.807) is 57.1 Å². The highest BCUT2D eigenvalue weighted by molar-refractivity contribution is 7.92. The minimum absolute atomic E-state index is 0.0543. The summed E-state index contributed by atoms with van der Waals surface area (Å²) in [4.78, 5) is 63.3. The lowest BCUT2D eigenvalue weighted by Gasteiger charge is -2.45. The first-order valence-corrected chi connectivity index (χ1v) is 28.9. The van der Waals surface area contributed by atoms with Crippen molar-refractivity contribution < 1.29 is 31.5 Å². The van der Waals surface area contributed by atoms with Crippen LogP contribution in [0.4, 0.5) is 32.1 Å². The van der Waals surface area contributed by atoms with Crippen LogP contribution in [0, 0.1) is 13.8 Å². The summed E-state index contributed by atoms with van der Waals surface area (Å²) >= 11 is 0. The third-order valence-electron chi connectivity index (χ3n) is 15.9. The molecule has 4 aliphatic rings. The Bertz CT molecular complexity index is 3090. The van der Waals surface area contributed by atoms with Crippen molar-refractivity contribution in [2.24, 2.45) is 0 Å². The molecule has 3 atom stereocenters. The Kier molecular flexibility index (Phi) is 16.4. The number of aryl methyl sites for hydroxylation is 1. The smallest absolute Gasteiger partial charge is 0.274 e. The third kappa shape index (κ3) is 11.9. The van der Waals surface area contributed by atoms with E-state index in [2.05, 4.69) is 79.2 Å². The number of nitrogens with one attached hydrogen (secondary N) is 3. The van der Waals surface area contributed by atoms with Crippen molar-refractivity contribution in [3.8, 4) is 5.75 Å². The van der Waals surface area contributed by atoms with Gasteiger partial charge >= 0.3 is 0 Å². The molecule has 8 heterocycles. The third-order valence-corrected chi connectivity index (χ3v) is 18.4. The first-order valence-electron chi connectivity index (χ1n) is 27.4. The number of anilines is 4. The van der Waals surface area contributed by atoms with Crippen molar-refractivity contribution in [2.45, 2.75) is 128 Å². The molecule has 4 aromatic heterocycles. The van der Waals surface area contributed by atoms with Crippen LogP contribution < -0.4 is 25.2 Å². The zero-order valence-corrected chi connectivity index (χ0v) is 47.7. The number of sulfone groups is 1. The number of nitrogens with zero attached hydrogens (tertiary/aromatic N) is 12. The van der Waals surface area contributed by atoms with E-state index >= 15 is 8.78 Å². The van der Waals surface area contributed by atoms with Crippen molar-refractivity contribution in [1.82, 2.24) is 60.0 Å². The summed E-state index contributed by atoms with van der Waals surface area (Å²) in [7, 11) is -3.84. The van der Waals surface area contributed by atoms with Gasteiger partial charge in [0.2, 0.25) is 11.9 Å². The van der Waals surface area contributed by atoms with Crippen LogP contribution in [0.2, 0.25) is 0 Å². The molecule has 0 bridgehead atoms. The fraction of sp³-hybridized carbons (Fsp3) is 0.600. The molecule has 78 heavy (non-hydrogen) atoms. The van der Waals surface area contributed by atoms with Gasteiger partial charge in [-0.1, -0.05) is 27.2 Å². The van der Waals surface area contributed by atoms with Gasteiger partial charge in [-0.3, -0.25) is 34.4 Å². The maximum Gasteiger partial charge on any atom is 0.274 e. The Morgan fingerprint density at radius 3 is 2.33 bits per heavy atom. The number of hydrogen-bond donors (Lipinski definition) is 3. The number of halogens is 2.